The fraction of sp³-hybridized carbons (Fsp3) is 0.231. The summed E-state index contributed by atoms with van der Waals surface area (Å²) in [5.41, 5.74) is 6.86. The normalized spacial score (nSPS) is 12.1. The molecule has 0 bridgehead atoms. The Bertz CT molecular complexity index is 471. The third-order valence-corrected chi connectivity index (χ3v) is 2.37. The van der Waals surface area contributed by atoms with Crippen molar-refractivity contribution in [3.8, 4) is 5.75 Å². The van der Waals surface area contributed by atoms with Crippen molar-refractivity contribution in [1.82, 2.24) is 9.97 Å². The van der Waals surface area contributed by atoms with Gasteiger partial charge in [0.05, 0.1) is 0 Å². The Kier molecular flexibility index (Phi) is 3.67. The van der Waals surface area contributed by atoms with E-state index in [1.165, 1.54) is 0 Å². The molecule has 1 heterocycles. The molecule has 4 nitrogen and oxygen atoms in total. The zero-order chi connectivity index (χ0) is 12.1. The smallest absolute Gasteiger partial charge is 0.166 e. The third-order valence-electron chi connectivity index (χ3n) is 2.37. The molecule has 2 rings (SSSR count). The van der Waals surface area contributed by atoms with E-state index >= 15 is 0 Å². The van der Waals surface area contributed by atoms with Crippen LogP contribution in [-0.2, 0) is 6.61 Å². The van der Waals surface area contributed by atoms with E-state index in [-0.39, 0.29) is 6.04 Å². The van der Waals surface area contributed by atoms with Gasteiger partial charge in [0.2, 0.25) is 0 Å². The van der Waals surface area contributed by atoms with Gasteiger partial charge in [-0.15, -0.1) is 0 Å². The molecule has 0 amide bonds. The molecule has 0 saturated heterocycles. The molecule has 0 spiro atoms. The summed E-state index contributed by atoms with van der Waals surface area (Å²) in [6.07, 6.45) is 3.40. The fourth-order valence-corrected chi connectivity index (χ4v) is 1.44. The Labute approximate surface area is 100 Å². The van der Waals surface area contributed by atoms with Crippen LogP contribution in [0.5, 0.6) is 5.75 Å². The van der Waals surface area contributed by atoms with E-state index in [9.17, 15) is 0 Å². The van der Waals surface area contributed by atoms with Crippen LogP contribution in [0.4, 0.5) is 0 Å². The minimum Gasteiger partial charge on any atom is -0.486 e. The Hall–Kier alpha value is -1.94. The molecule has 88 valence electrons. The highest BCUT2D eigenvalue weighted by Gasteiger charge is 2.02. The van der Waals surface area contributed by atoms with Crippen LogP contribution in [0.2, 0.25) is 0 Å². The average molecular weight is 229 g/mol. The number of aromatic nitrogens is 2. The Morgan fingerprint density at radius 1 is 1.24 bits per heavy atom. The highest BCUT2D eigenvalue weighted by atomic mass is 16.5. The van der Waals surface area contributed by atoms with E-state index in [4.69, 9.17) is 10.5 Å². The first kappa shape index (κ1) is 11.5. The summed E-state index contributed by atoms with van der Waals surface area (Å²) in [5, 5.41) is 0. The van der Waals surface area contributed by atoms with E-state index in [1.54, 1.807) is 18.5 Å². The lowest BCUT2D eigenvalue weighted by atomic mass is 10.1. The van der Waals surface area contributed by atoms with Crippen LogP contribution in [0.25, 0.3) is 0 Å². The van der Waals surface area contributed by atoms with Crippen molar-refractivity contribution in [1.29, 1.82) is 0 Å². The van der Waals surface area contributed by atoms with Gasteiger partial charge in [0, 0.05) is 18.4 Å². The van der Waals surface area contributed by atoms with Gasteiger partial charge >= 0.3 is 0 Å². The van der Waals surface area contributed by atoms with Crippen LogP contribution in [0.3, 0.4) is 0 Å². The van der Waals surface area contributed by atoms with E-state index in [1.807, 2.05) is 31.2 Å². The number of benzene rings is 1. The van der Waals surface area contributed by atoms with Gasteiger partial charge in [-0.05, 0) is 30.7 Å². The first-order chi connectivity index (χ1) is 8.25. The van der Waals surface area contributed by atoms with E-state index in [0.717, 1.165) is 11.3 Å². The zero-order valence-electron chi connectivity index (χ0n) is 9.71. The minimum absolute atomic E-state index is 0.00604. The molecule has 0 aliphatic rings. The summed E-state index contributed by atoms with van der Waals surface area (Å²) in [6, 6.07) is 9.53. The largest absolute Gasteiger partial charge is 0.486 e. The molecule has 1 aromatic heterocycles. The molecule has 0 unspecified atom stereocenters. The van der Waals surface area contributed by atoms with Crippen LogP contribution in [0.1, 0.15) is 24.4 Å². The maximum absolute atomic E-state index is 5.81. The highest BCUT2D eigenvalue weighted by molar-refractivity contribution is 5.30. The predicted octanol–water partition coefficient (Wildman–Crippen LogP) is 2.08. The van der Waals surface area contributed by atoms with Gasteiger partial charge < -0.3 is 10.5 Å². The Balaban J connectivity index is 2.02. The van der Waals surface area contributed by atoms with Gasteiger partial charge in [0.1, 0.15) is 12.4 Å². The lowest BCUT2D eigenvalue weighted by Crippen LogP contribution is -2.05. The lowest BCUT2D eigenvalue weighted by Gasteiger charge is -2.09. The second-order valence-electron chi connectivity index (χ2n) is 3.81. The predicted molar refractivity (Wildman–Crippen MR) is 65.4 cm³/mol. The van der Waals surface area contributed by atoms with Crippen molar-refractivity contribution in [3.05, 3.63) is 54.1 Å². The summed E-state index contributed by atoms with van der Waals surface area (Å²) >= 11 is 0. The summed E-state index contributed by atoms with van der Waals surface area (Å²) in [5.74, 6) is 1.45. The summed E-state index contributed by atoms with van der Waals surface area (Å²) in [6.45, 7) is 2.31. The summed E-state index contributed by atoms with van der Waals surface area (Å²) in [4.78, 5) is 8.18. The second-order valence-corrected chi connectivity index (χ2v) is 3.81. The van der Waals surface area contributed by atoms with E-state index in [2.05, 4.69) is 9.97 Å². The highest BCUT2D eigenvalue weighted by Crippen LogP contribution is 2.18. The Morgan fingerprint density at radius 2 is 2.00 bits per heavy atom. The molecule has 0 aliphatic carbocycles. The number of rotatable bonds is 4. The first-order valence-corrected chi connectivity index (χ1v) is 5.50. The third kappa shape index (κ3) is 3.26. The molecule has 0 fully saturated rings. The van der Waals surface area contributed by atoms with Gasteiger partial charge in [-0.25, -0.2) is 9.97 Å². The van der Waals surface area contributed by atoms with Crippen molar-refractivity contribution in [3.63, 3.8) is 0 Å². The van der Waals surface area contributed by atoms with Gasteiger partial charge in [0.25, 0.3) is 0 Å². The number of nitrogens with two attached hydrogens (primary N) is 1. The lowest BCUT2D eigenvalue weighted by molar-refractivity contribution is 0.295. The standard InChI is InChI=1S/C13H15N3O/c1-10(14)11-4-2-5-12(8-11)17-9-13-15-6-3-7-16-13/h2-8,10H,9,14H2,1H3/t10-/m0/s1. The van der Waals surface area contributed by atoms with Crippen LogP contribution in [0.15, 0.2) is 42.7 Å². The fourth-order valence-electron chi connectivity index (χ4n) is 1.44. The molecule has 1 aromatic carbocycles. The van der Waals surface area contributed by atoms with Crippen molar-refractivity contribution in [2.75, 3.05) is 0 Å². The number of nitrogens with zero attached hydrogens (tertiary/aromatic N) is 2. The molecule has 2 aromatic rings. The molecular weight excluding hydrogens is 214 g/mol. The maximum Gasteiger partial charge on any atom is 0.166 e. The molecule has 0 saturated carbocycles. The van der Waals surface area contributed by atoms with Crippen LogP contribution in [0, 0.1) is 0 Å². The average Bonchev–Trinajstić information content (AvgIpc) is 2.38. The second kappa shape index (κ2) is 5.41. The summed E-state index contributed by atoms with van der Waals surface area (Å²) < 4.78 is 5.60. The molecule has 0 aliphatic heterocycles. The van der Waals surface area contributed by atoms with Gasteiger partial charge in [-0.3, -0.25) is 0 Å². The van der Waals surface area contributed by atoms with Crippen molar-refractivity contribution < 1.29 is 4.74 Å². The molecule has 2 N–H and O–H groups in total. The first-order valence-electron chi connectivity index (χ1n) is 5.50. The molecule has 0 radical (unpaired) electrons. The maximum atomic E-state index is 5.81. The number of ether oxygens (including phenoxy) is 1. The summed E-state index contributed by atoms with van der Waals surface area (Å²) in [7, 11) is 0. The van der Waals surface area contributed by atoms with E-state index in [0.29, 0.717) is 12.4 Å². The molecule has 1 atom stereocenters. The van der Waals surface area contributed by atoms with Crippen molar-refractivity contribution >= 4 is 0 Å². The number of hydrogen-bond acceptors (Lipinski definition) is 4. The topological polar surface area (TPSA) is 61.0 Å². The van der Waals surface area contributed by atoms with Gasteiger partial charge in [-0.2, -0.15) is 0 Å². The zero-order valence-corrected chi connectivity index (χ0v) is 9.71. The van der Waals surface area contributed by atoms with Crippen molar-refractivity contribution in [2.24, 2.45) is 5.73 Å². The van der Waals surface area contributed by atoms with E-state index < -0.39 is 0 Å². The minimum atomic E-state index is 0.00604. The van der Waals surface area contributed by atoms with Crippen LogP contribution < -0.4 is 10.5 Å². The molecule has 17 heavy (non-hydrogen) atoms. The SMILES string of the molecule is C[C@H](N)c1cccc(OCc2ncccn2)c1. The Morgan fingerprint density at radius 3 is 2.71 bits per heavy atom. The van der Waals surface area contributed by atoms with Crippen molar-refractivity contribution in [2.45, 2.75) is 19.6 Å². The van der Waals surface area contributed by atoms with Gasteiger partial charge in [0.15, 0.2) is 5.82 Å². The number of hydrogen-bond donors (Lipinski definition) is 1. The quantitative estimate of drug-likeness (QED) is 0.871. The van der Waals surface area contributed by atoms with Crippen LogP contribution >= 0.6 is 0 Å². The van der Waals surface area contributed by atoms with Gasteiger partial charge in [-0.1, -0.05) is 12.1 Å². The molecule has 4 heteroatoms. The van der Waals surface area contributed by atoms with Crippen LogP contribution in [-0.4, -0.2) is 9.97 Å². The monoisotopic (exact) mass is 229 g/mol. The molecular formula is C13H15N3O.